The van der Waals surface area contributed by atoms with E-state index in [4.69, 9.17) is 16.0 Å². The molecule has 1 aromatic heterocycles. The minimum Gasteiger partial charge on any atom is -0.478 e. The number of carbonyl (C=O) groups excluding carboxylic acids is 2. The van der Waals surface area contributed by atoms with Gasteiger partial charge in [-0.25, -0.2) is 4.79 Å². The van der Waals surface area contributed by atoms with Crippen LogP contribution in [0.2, 0.25) is 5.02 Å². The third-order valence-corrected chi connectivity index (χ3v) is 6.19. The molecule has 4 atom stereocenters. The van der Waals surface area contributed by atoms with Crippen molar-refractivity contribution in [1.29, 1.82) is 0 Å². The summed E-state index contributed by atoms with van der Waals surface area (Å²) in [4.78, 5) is 36.5. The van der Waals surface area contributed by atoms with Crippen molar-refractivity contribution in [2.75, 3.05) is 0 Å². The summed E-state index contributed by atoms with van der Waals surface area (Å²) in [7, 11) is 0. The number of aromatic carboxylic acids is 1. The number of fused-ring (bicyclic) bond motifs is 5. The van der Waals surface area contributed by atoms with Crippen molar-refractivity contribution in [3.05, 3.63) is 58.8 Å². The molecule has 1 aromatic carbocycles. The first-order valence-electron chi connectivity index (χ1n) is 9.17. The van der Waals surface area contributed by atoms with Gasteiger partial charge in [0.1, 0.15) is 11.5 Å². The maximum atomic E-state index is 12.6. The molecule has 2 aliphatic carbocycles. The van der Waals surface area contributed by atoms with Crippen molar-refractivity contribution in [2.24, 2.45) is 28.8 Å². The van der Waals surface area contributed by atoms with Crippen LogP contribution < -0.4 is 0 Å². The number of carboxylic acid groups (broad SMARTS) is 1. The molecule has 2 heterocycles. The molecule has 3 aliphatic rings. The van der Waals surface area contributed by atoms with Crippen LogP contribution in [-0.4, -0.2) is 34.1 Å². The molecule has 7 nitrogen and oxygen atoms in total. The third-order valence-electron chi connectivity index (χ3n) is 5.86. The van der Waals surface area contributed by atoms with Crippen molar-refractivity contribution in [2.45, 2.75) is 6.42 Å². The molecular formula is C21H15ClN2O5. The molecule has 2 fully saturated rings. The first-order valence-corrected chi connectivity index (χ1v) is 9.55. The minimum atomic E-state index is -1.13. The second-order valence-electron chi connectivity index (χ2n) is 7.43. The highest BCUT2D eigenvalue weighted by Crippen LogP contribution is 2.52. The van der Waals surface area contributed by atoms with Crippen LogP contribution in [0.15, 0.2) is 52.0 Å². The van der Waals surface area contributed by atoms with Gasteiger partial charge in [0.15, 0.2) is 0 Å². The summed E-state index contributed by atoms with van der Waals surface area (Å²) >= 11 is 5.89. The van der Waals surface area contributed by atoms with Crippen molar-refractivity contribution < 1.29 is 23.9 Å². The lowest BCUT2D eigenvalue weighted by Crippen LogP contribution is -2.28. The predicted octanol–water partition coefficient (Wildman–Crippen LogP) is 3.44. The van der Waals surface area contributed by atoms with Crippen LogP contribution in [0, 0.1) is 23.7 Å². The lowest BCUT2D eigenvalue weighted by atomic mass is 9.85. The molecule has 0 radical (unpaired) electrons. The quantitative estimate of drug-likeness (QED) is 0.472. The summed E-state index contributed by atoms with van der Waals surface area (Å²) in [6, 6.07) is 7.83. The van der Waals surface area contributed by atoms with Gasteiger partial charge in [0, 0.05) is 5.56 Å². The van der Waals surface area contributed by atoms with Gasteiger partial charge in [-0.05, 0) is 48.6 Å². The van der Waals surface area contributed by atoms with Gasteiger partial charge in [-0.15, -0.1) is 0 Å². The van der Waals surface area contributed by atoms with Crippen molar-refractivity contribution in [1.82, 2.24) is 5.01 Å². The molecule has 29 heavy (non-hydrogen) atoms. The molecular weight excluding hydrogens is 396 g/mol. The van der Waals surface area contributed by atoms with Crippen LogP contribution in [0.4, 0.5) is 0 Å². The van der Waals surface area contributed by atoms with E-state index in [-0.39, 0.29) is 46.1 Å². The number of carbonyl (C=O) groups is 3. The maximum absolute atomic E-state index is 12.6. The Balaban J connectivity index is 1.37. The molecule has 1 N–H and O–H groups in total. The molecule has 0 spiro atoms. The number of carboxylic acids is 1. The molecule has 1 aliphatic heterocycles. The van der Waals surface area contributed by atoms with E-state index in [1.165, 1.54) is 18.3 Å². The van der Waals surface area contributed by atoms with Gasteiger partial charge < -0.3 is 9.52 Å². The van der Waals surface area contributed by atoms with E-state index >= 15 is 0 Å². The fraction of sp³-hybridized carbons (Fsp3) is 0.238. The highest BCUT2D eigenvalue weighted by Gasteiger charge is 2.59. The Hall–Kier alpha value is -3.19. The topological polar surface area (TPSA) is 100 Å². The highest BCUT2D eigenvalue weighted by molar-refractivity contribution is 6.33. The Bertz CT molecular complexity index is 1090. The number of hydrogen-bond donors (Lipinski definition) is 1. The summed E-state index contributed by atoms with van der Waals surface area (Å²) in [5.41, 5.74) is 0.510. The molecule has 2 amide bonds. The fourth-order valence-corrected chi connectivity index (χ4v) is 4.73. The molecule has 4 unspecified atom stereocenters. The van der Waals surface area contributed by atoms with Crippen LogP contribution in [0.25, 0.3) is 11.3 Å². The molecule has 8 heteroatoms. The van der Waals surface area contributed by atoms with E-state index in [0.717, 1.165) is 11.4 Å². The lowest BCUT2D eigenvalue weighted by molar-refractivity contribution is -0.140. The van der Waals surface area contributed by atoms with Crippen LogP contribution in [0.3, 0.4) is 0 Å². The maximum Gasteiger partial charge on any atom is 0.337 e. The van der Waals surface area contributed by atoms with Gasteiger partial charge in [-0.3, -0.25) is 9.59 Å². The van der Waals surface area contributed by atoms with E-state index in [9.17, 15) is 19.5 Å². The molecule has 2 bridgehead atoms. The number of hydrazone groups is 1. The number of amides is 2. The first-order chi connectivity index (χ1) is 13.9. The zero-order valence-corrected chi connectivity index (χ0v) is 15.7. The van der Waals surface area contributed by atoms with E-state index in [0.29, 0.717) is 17.1 Å². The second kappa shape index (κ2) is 6.42. The monoisotopic (exact) mass is 410 g/mol. The van der Waals surface area contributed by atoms with Gasteiger partial charge in [-0.2, -0.15) is 10.1 Å². The average molecular weight is 411 g/mol. The van der Waals surface area contributed by atoms with Crippen LogP contribution in [0.1, 0.15) is 22.5 Å². The van der Waals surface area contributed by atoms with Crippen LogP contribution >= 0.6 is 11.6 Å². The molecule has 1 saturated heterocycles. The Morgan fingerprint density at radius 3 is 2.48 bits per heavy atom. The number of allylic oxidation sites excluding steroid dienone is 2. The van der Waals surface area contributed by atoms with Gasteiger partial charge in [0.05, 0.1) is 28.6 Å². The van der Waals surface area contributed by atoms with Crippen molar-refractivity contribution >= 4 is 35.6 Å². The average Bonchev–Trinajstić information content (AvgIpc) is 3.46. The zero-order chi connectivity index (χ0) is 20.3. The lowest BCUT2D eigenvalue weighted by Gasteiger charge is -2.13. The Morgan fingerprint density at radius 1 is 1.14 bits per heavy atom. The van der Waals surface area contributed by atoms with Gasteiger partial charge in [-0.1, -0.05) is 23.8 Å². The van der Waals surface area contributed by atoms with E-state index in [1.807, 2.05) is 12.2 Å². The van der Waals surface area contributed by atoms with Gasteiger partial charge in [0.2, 0.25) is 0 Å². The third kappa shape index (κ3) is 2.73. The van der Waals surface area contributed by atoms with Gasteiger partial charge >= 0.3 is 5.97 Å². The number of imide groups is 1. The summed E-state index contributed by atoms with van der Waals surface area (Å²) < 4.78 is 5.68. The number of furan rings is 1. The number of nitrogens with zero attached hydrogens (tertiary/aromatic N) is 2. The first kappa shape index (κ1) is 17.9. The number of benzene rings is 1. The SMILES string of the molecule is O=C(O)c1cc(-c2ccc(C=NN3C(=O)C4C5C=CC(C5)C4C3=O)o2)ccc1Cl. The smallest absolute Gasteiger partial charge is 0.337 e. The van der Waals surface area contributed by atoms with E-state index < -0.39 is 5.97 Å². The van der Waals surface area contributed by atoms with Crippen molar-refractivity contribution in [3.8, 4) is 11.3 Å². The van der Waals surface area contributed by atoms with Crippen LogP contribution in [0.5, 0.6) is 0 Å². The number of rotatable bonds is 4. The summed E-state index contributed by atoms with van der Waals surface area (Å²) in [5.74, 6) is -1.24. The van der Waals surface area contributed by atoms with E-state index in [1.54, 1.807) is 18.2 Å². The fourth-order valence-electron chi connectivity index (χ4n) is 4.53. The number of hydrogen-bond acceptors (Lipinski definition) is 5. The molecule has 2 aromatic rings. The van der Waals surface area contributed by atoms with Crippen LogP contribution in [-0.2, 0) is 9.59 Å². The van der Waals surface area contributed by atoms with E-state index in [2.05, 4.69) is 5.10 Å². The highest BCUT2D eigenvalue weighted by atomic mass is 35.5. The van der Waals surface area contributed by atoms with Gasteiger partial charge in [0.25, 0.3) is 11.8 Å². The summed E-state index contributed by atoms with van der Waals surface area (Å²) in [6.07, 6.45) is 6.25. The Labute approximate surface area is 170 Å². The number of halogens is 1. The molecule has 146 valence electrons. The summed E-state index contributed by atoms with van der Waals surface area (Å²) in [5, 5.41) is 14.4. The predicted molar refractivity (Wildman–Crippen MR) is 103 cm³/mol. The van der Waals surface area contributed by atoms with Crippen molar-refractivity contribution in [3.63, 3.8) is 0 Å². The zero-order valence-electron chi connectivity index (χ0n) is 15.0. The molecule has 5 rings (SSSR count). The largest absolute Gasteiger partial charge is 0.478 e. The molecule has 1 saturated carbocycles. The Kier molecular flexibility index (Phi) is 3.96. The summed E-state index contributed by atoms with van der Waals surface area (Å²) in [6.45, 7) is 0. The second-order valence-corrected chi connectivity index (χ2v) is 7.84. The Morgan fingerprint density at radius 2 is 1.83 bits per heavy atom. The normalized spacial score (nSPS) is 27.4. The minimum absolute atomic E-state index is 0.0289. The standard InChI is InChI=1S/C21H15ClN2O5/c22-15-5-3-10(8-14(15)21(27)28)16-6-4-13(29-16)9-23-24-19(25)17-11-1-2-12(7-11)18(17)20(24)26/h1-6,8-9,11-12,17-18H,7H2,(H,27,28).